The van der Waals surface area contributed by atoms with Gasteiger partial charge < -0.3 is 0 Å². The van der Waals surface area contributed by atoms with Gasteiger partial charge in [-0.2, -0.15) is 0 Å². The third-order valence-electron chi connectivity index (χ3n) is 3.11. The van der Waals surface area contributed by atoms with Gasteiger partial charge in [-0.3, -0.25) is 0 Å². The number of alkyl halides is 1. The van der Waals surface area contributed by atoms with Crippen LogP contribution in [0.5, 0.6) is 0 Å². The molecule has 3 heteroatoms. The Morgan fingerprint density at radius 2 is 1.42 bits per heavy atom. The van der Waals surface area contributed by atoms with Gasteiger partial charge in [0.05, 0.1) is 4.83 Å². The van der Waals surface area contributed by atoms with E-state index in [1.54, 1.807) is 13.8 Å². The van der Waals surface area contributed by atoms with Gasteiger partial charge in [0, 0.05) is 4.47 Å². The molecule has 19 heavy (non-hydrogen) atoms. The lowest BCUT2D eigenvalue weighted by Crippen LogP contribution is -1.98. The molecule has 1 atom stereocenters. The maximum Gasteiger partial charge on any atom is 0.129 e. The summed E-state index contributed by atoms with van der Waals surface area (Å²) in [5, 5.41) is 0. The predicted molar refractivity (Wildman–Crippen MR) is 85.5 cm³/mol. The van der Waals surface area contributed by atoms with E-state index in [0.717, 1.165) is 15.6 Å². The monoisotopic (exact) mass is 384 g/mol. The van der Waals surface area contributed by atoms with Gasteiger partial charge in [-0.05, 0) is 60.7 Å². The van der Waals surface area contributed by atoms with E-state index in [0.29, 0.717) is 11.1 Å². The third-order valence-corrected chi connectivity index (χ3v) is 4.62. The van der Waals surface area contributed by atoms with Gasteiger partial charge in [-0.25, -0.2) is 4.39 Å². The number of rotatable bonds is 2. The Balaban J connectivity index is 2.46. The largest absolute Gasteiger partial charge is 0.206 e. The quantitative estimate of drug-likeness (QED) is 0.556. The zero-order chi connectivity index (χ0) is 14.2. The summed E-state index contributed by atoms with van der Waals surface area (Å²) in [5.74, 6) is -0.117. The molecule has 0 heterocycles. The highest BCUT2D eigenvalue weighted by Gasteiger charge is 2.14. The standard InChI is InChI=1S/C16H15Br2F/c1-9-4-12(8-14(17)5-9)15(18)13-6-10(2)16(19)11(3)7-13/h4-8,15H,1-3H3. The second-order valence-corrected chi connectivity index (χ2v) is 6.72. The number of hydrogen-bond donors (Lipinski definition) is 0. The van der Waals surface area contributed by atoms with Crippen molar-refractivity contribution in [1.29, 1.82) is 0 Å². The molecule has 100 valence electrons. The summed E-state index contributed by atoms with van der Waals surface area (Å²) in [6.07, 6.45) is 0. The van der Waals surface area contributed by atoms with Crippen LogP contribution in [-0.4, -0.2) is 0 Å². The molecule has 2 aromatic carbocycles. The summed E-state index contributed by atoms with van der Waals surface area (Å²) in [5.41, 5.74) is 4.81. The normalized spacial score (nSPS) is 12.5. The highest BCUT2D eigenvalue weighted by atomic mass is 79.9. The molecular formula is C16H15Br2F. The maximum atomic E-state index is 13.7. The van der Waals surface area contributed by atoms with E-state index in [4.69, 9.17) is 0 Å². The minimum absolute atomic E-state index is 0.0710. The molecule has 0 spiro atoms. The number of benzene rings is 2. The summed E-state index contributed by atoms with van der Waals surface area (Å²) in [7, 11) is 0. The zero-order valence-corrected chi connectivity index (χ0v) is 14.3. The van der Waals surface area contributed by atoms with Crippen LogP contribution in [0.4, 0.5) is 4.39 Å². The molecule has 1 unspecified atom stereocenters. The van der Waals surface area contributed by atoms with Crippen molar-refractivity contribution < 1.29 is 4.39 Å². The molecule has 2 rings (SSSR count). The van der Waals surface area contributed by atoms with Crippen LogP contribution in [0.3, 0.4) is 0 Å². The molecule has 0 aliphatic heterocycles. The van der Waals surface area contributed by atoms with Crippen molar-refractivity contribution in [2.24, 2.45) is 0 Å². The fourth-order valence-corrected chi connectivity index (χ4v) is 3.38. The average Bonchev–Trinajstić information content (AvgIpc) is 2.33. The third kappa shape index (κ3) is 3.26. The highest BCUT2D eigenvalue weighted by Crippen LogP contribution is 2.34. The second kappa shape index (κ2) is 5.76. The molecular weight excluding hydrogens is 371 g/mol. The maximum absolute atomic E-state index is 13.7. The lowest BCUT2D eigenvalue weighted by Gasteiger charge is -2.14. The molecule has 0 radical (unpaired) electrons. The van der Waals surface area contributed by atoms with Gasteiger partial charge in [0.15, 0.2) is 0 Å². The van der Waals surface area contributed by atoms with E-state index in [1.165, 1.54) is 5.56 Å². The lowest BCUT2D eigenvalue weighted by molar-refractivity contribution is 0.608. The first-order chi connectivity index (χ1) is 8.88. The van der Waals surface area contributed by atoms with Gasteiger partial charge in [0.2, 0.25) is 0 Å². The smallest absolute Gasteiger partial charge is 0.129 e. The van der Waals surface area contributed by atoms with Crippen LogP contribution in [0, 0.1) is 26.6 Å². The van der Waals surface area contributed by atoms with Gasteiger partial charge in [0.25, 0.3) is 0 Å². The Bertz CT molecular complexity index is 577. The van der Waals surface area contributed by atoms with Crippen molar-refractivity contribution in [1.82, 2.24) is 0 Å². The first-order valence-corrected chi connectivity index (χ1v) is 7.77. The first kappa shape index (κ1) is 14.7. The number of halogens is 3. The van der Waals surface area contributed by atoms with E-state index in [2.05, 4.69) is 57.0 Å². The van der Waals surface area contributed by atoms with Crippen molar-refractivity contribution in [2.75, 3.05) is 0 Å². The van der Waals surface area contributed by atoms with E-state index in [-0.39, 0.29) is 10.6 Å². The molecule has 0 fully saturated rings. The molecule has 0 nitrogen and oxygen atoms in total. The molecule has 0 aliphatic carbocycles. The Hall–Kier alpha value is -0.670. The van der Waals surface area contributed by atoms with Gasteiger partial charge >= 0.3 is 0 Å². The summed E-state index contributed by atoms with van der Waals surface area (Å²) < 4.78 is 14.7. The van der Waals surface area contributed by atoms with E-state index < -0.39 is 0 Å². The van der Waals surface area contributed by atoms with E-state index in [1.807, 2.05) is 12.1 Å². The Kier molecular flexibility index (Phi) is 4.46. The minimum atomic E-state index is -0.117. The van der Waals surface area contributed by atoms with Crippen LogP contribution < -0.4 is 0 Å². The Labute approximate surface area is 130 Å². The van der Waals surface area contributed by atoms with Crippen LogP contribution in [-0.2, 0) is 0 Å². The SMILES string of the molecule is Cc1cc(Br)cc(C(Br)c2cc(C)c(F)c(C)c2)c1. The summed E-state index contributed by atoms with van der Waals surface area (Å²) in [6.45, 7) is 5.67. The van der Waals surface area contributed by atoms with Crippen LogP contribution in [0.25, 0.3) is 0 Å². The van der Waals surface area contributed by atoms with Gasteiger partial charge in [0.1, 0.15) is 5.82 Å². The van der Waals surface area contributed by atoms with Gasteiger partial charge in [-0.15, -0.1) is 0 Å². The van der Waals surface area contributed by atoms with Crippen LogP contribution in [0.1, 0.15) is 32.6 Å². The Morgan fingerprint density at radius 1 is 0.895 bits per heavy atom. The van der Waals surface area contributed by atoms with E-state index >= 15 is 0 Å². The molecule has 0 N–H and O–H groups in total. The first-order valence-electron chi connectivity index (χ1n) is 6.06. The minimum Gasteiger partial charge on any atom is -0.206 e. The van der Waals surface area contributed by atoms with Crippen molar-refractivity contribution in [3.05, 3.63) is 68.4 Å². The van der Waals surface area contributed by atoms with Crippen molar-refractivity contribution >= 4 is 31.9 Å². The van der Waals surface area contributed by atoms with Crippen LogP contribution >= 0.6 is 31.9 Å². The highest BCUT2D eigenvalue weighted by molar-refractivity contribution is 9.10. The average molecular weight is 386 g/mol. The fraction of sp³-hybridized carbons (Fsp3) is 0.250. The fourth-order valence-electron chi connectivity index (χ4n) is 2.23. The topological polar surface area (TPSA) is 0 Å². The summed E-state index contributed by atoms with van der Waals surface area (Å²) in [4.78, 5) is 0.0710. The molecule has 0 aliphatic rings. The summed E-state index contributed by atoms with van der Waals surface area (Å²) >= 11 is 7.23. The molecule has 2 aromatic rings. The molecule has 0 saturated carbocycles. The number of aryl methyl sites for hydroxylation is 3. The van der Waals surface area contributed by atoms with Crippen LogP contribution in [0.15, 0.2) is 34.8 Å². The van der Waals surface area contributed by atoms with Crippen molar-refractivity contribution in [3.8, 4) is 0 Å². The number of hydrogen-bond acceptors (Lipinski definition) is 0. The predicted octanol–water partition coefficient (Wildman–Crippen LogP) is 6.00. The van der Waals surface area contributed by atoms with E-state index in [9.17, 15) is 4.39 Å². The lowest BCUT2D eigenvalue weighted by atomic mass is 9.99. The molecule has 0 amide bonds. The van der Waals surface area contributed by atoms with Gasteiger partial charge in [-0.1, -0.05) is 50.1 Å². The second-order valence-electron chi connectivity index (χ2n) is 4.89. The molecule has 0 bridgehead atoms. The molecule has 0 aromatic heterocycles. The summed E-state index contributed by atoms with van der Waals surface area (Å²) in [6, 6.07) is 10.1. The van der Waals surface area contributed by atoms with Crippen molar-refractivity contribution in [2.45, 2.75) is 25.6 Å². The Morgan fingerprint density at radius 3 is 1.95 bits per heavy atom. The molecule has 0 saturated heterocycles. The zero-order valence-electron chi connectivity index (χ0n) is 11.1. The van der Waals surface area contributed by atoms with Crippen molar-refractivity contribution in [3.63, 3.8) is 0 Å². The van der Waals surface area contributed by atoms with Crippen LogP contribution in [0.2, 0.25) is 0 Å².